The number of phenolic OH excluding ortho intramolecular Hbond substituents is 7. The standard InChI is InChI=1S/C30H24O12/c31-13-7-20(37)24-22(8-13)41-30(12-2-4-16(33)19(36)6-12)29(39)26(24)25-23(42-30)10-17(34)14-9-21(38)27(40-28(14)25)11-1-3-15(32)18(35)5-11/h1-8,10,21,26-27,29,31-39H,9H2/t21-,26+,27-,29-,30+/m1/s1. The van der Waals surface area contributed by atoms with Gasteiger partial charge < -0.3 is 60.2 Å². The van der Waals surface area contributed by atoms with Gasteiger partial charge in [0.2, 0.25) is 0 Å². The molecule has 0 aliphatic carbocycles. The van der Waals surface area contributed by atoms with Crippen LogP contribution in [0.4, 0.5) is 0 Å². The Morgan fingerprint density at radius 1 is 0.643 bits per heavy atom. The van der Waals surface area contributed by atoms with Gasteiger partial charge in [-0.3, -0.25) is 0 Å². The predicted octanol–water partition coefficient (Wildman–Crippen LogP) is 2.79. The van der Waals surface area contributed by atoms with E-state index in [1.165, 1.54) is 42.5 Å². The van der Waals surface area contributed by atoms with E-state index < -0.39 is 53.0 Å². The van der Waals surface area contributed by atoms with Gasteiger partial charge in [0.15, 0.2) is 23.0 Å². The van der Waals surface area contributed by atoms with Gasteiger partial charge in [0, 0.05) is 46.9 Å². The molecule has 5 atom stereocenters. The number of ether oxygens (including phenoxy) is 3. The molecule has 42 heavy (non-hydrogen) atoms. The van der Waals surface area contributed by atoms with E-state index in [0.717, 1.165) is 12.1 Å². The molecule has 3 heterocycles. The molecule has 12 nitrogen and oxygen atoms in total. The summed E-state index contributed by atoms with van der Waals surface area (Å²) in [6.07, 6.45) is -4.00. The average molecular weight is 577 g/mol. The molecule has 216 valence electrons. The number of rotatable bonds is 2. The Labute approximate surface area is 236 Å². The second-order valence-corrected chi connectivity index (χ2v) is 10.5. The maximum atomic E-state index is 11.9. The van der Waals surface area contributed by atoms with Crippen LogP contribution in [-0.2, 0) is 12.2 Å². The summed E-state index contributed by atoms with van der Waals surface area (Å²) in [5.41, 5.74) is 0.842. The lowest BCUT2D eigenvalue weighted by Crippen LogP contribution is -2.57. The first-order chi connectivity index (χ1) is 20.0. The number of fused-ring (bicyclic) bond motifs is 8. The topological polar surface area (TPSA) is 210 Å². The zero-order valence-electron chi connectivity index (χ0n) is 21.5. The molecule has 3 aliphatic heterocycles. The molecular formula is C30H24O12. The van der Waals surface area contributed by atoms with Crippen LogP contribution in [0.1, 0.15) is 39.8 Å². The van der Waals surface area contributed by atoms with Gasteiger partial charge in [-0.05, 0) is 35.9 Å². The molecule has 0 aromatic heterocycles. The summed E-state index contributed by atoms with van der Waals surface area (Å²) in [6, 6.07) is 11.1. The summed E-state index contributed by atoms with van der Waals surface area (Å²) in [5, 5.41) is 95.1. The molecule has 12 heteroatoms. The van der Waals surface area contributed by atoms with E-state index in [0.29, 0.717) is 5.56 Å². The minimum atomic E-state index is -2.09. The van der Waals surface area contributed by atoms with Crippen molar-refractivity contribution in [3.05, 3.63) is 82.4 Å². The zero-order valence-corrected chi connectivity index (χ0v) is 21.5. The van der Waals surface area contributed by atoms with Crippen LogP contribution in [-0.4, -0.2) is 58.2 Å². The largest absolute Gasteiger partial charge is 0.508 e. The quantitative estimate of drug-likeness (QED) is 0.158. The summed E-state index contributed by atoms with van der Waals surface area (Å²) < 4.78 is 18.6. The van der Waals surface area contributed by atoms with Crippen LogP contribution in [0.15, 0.2) is 54.6 Å². The number of benzene rings is 4. The van der Waals surface area contributed by atoms with Crippen LogP contribution in [0.5, 0.6) is 57.5 Å². The minimum absolute atomic E-state index is 0.0177. The fraction of sp³-hybridized carbons (Fsp3) is 0.200. The van der Waals surface area contributed by atoms with Crippen LogP contribution in [0, 0.1) is 0 Å². The van der Waals surface area contributed by atoms with Gasteiger partial charge in [0.05, 0.1) is 12.0 Å². The Hall–Kier alpha value is -5.20. The summed E-state index contributed by atoms with van der Waals surface area (Å²) in [6.45, 7) is 0. The van der Waals surface area contributed by atoms with Crippen molar-refractivity contribution in [3.8, 4) is 57.5 Å². The van der Waals surface area contributed by atoms with Crippen molar-refractivity contribution in [2.75, 3.05) is 0 Å². The smallest absolute Gasteiger partial charge is 0.305 e. The number of hydrogen-bond acceptors (Lipinski definition) is 12. The Morgan fingerprint density at radius 2 is 1.31 bits per heavy atom. The monoisotopic (exact) mass is 576 g/mol. The molecule has 0 saturated carbocycles. The van der Waals surface area contributed by atoms with Crippen LogP contribution in [0.25, 0.3) is 0 Å². The highest BCUT2D eigenvalue weighted by Crippen LogP contribution is 2.62. The first-order valence-electron chi connectivity index (χ1n) is 12.9. The van der Waals surface area contributed by atoms with Crippen molar-refractivity contribution in [2.24, 2.45) is 0 Å². The van der Waals surface area contributed by atoms with Crippen LogP contribution >= 0.6 is 0 Å². The van der Waals surface area contributed by atoms with Crippen LogP contribution in [0.3, 0.4) is 0 Å². The molecular weight excluding hydrogens is 552 g/mol. The third-order valence-corrected chi connectivity index (χ3v) is 8.03. The molecule has 3 aliphatic rings. The molecule has 0 fully saturated rings. The maximum Gasteiger partial charge on any atom is 0.305 e. The third kappa shape index (κ3) is 3.49. The van der Waals surface area contributed by atoms with E-state index in [-0.39, 0.29) is 63.2 Å². The molecule has 9 N–H and O–H groups in total. The summed E-state index contributed by atoms with van der Waals surface area (Å²) >= 11 is 0. The molecule has 0 saturated heterocycles. The van der Waals surface area contributed by atoms with Gasteiger partial charge in [-0.15, -0.1) is 0 Å². The number of aliphatic hydroxyl groups is 2. The summed E-state index contributed by atoms with van der Waals surface area (Å²) in [4.78, 5) is 0. The maximum absolute atomic E-state index is 11.9. The van der Waals surface area contributed by atoms with Crippen molar-refractivity contribution in [1.82, 2.24) is 0 Å². The van der Waals surface area contributed by atoms with Crippen LogP contribution in [0.2, 0.25) is 0 Å². The fourth-order valence-electron chi connectivity index (χ4n) is 6.09. The minimum Gasteiger partial charge on any atom is -0.508 e. The van der Waals surface area contributed by atoms with E-state index in [1.807, 2.05) is 0 Å². The van der Waals surface area contributed by atoms with Crippen molar-refractivity contribution >= 4 is 0 Å². The van der Waals surface area contributed by atoms with Gasteiger partial charge in [0.1, 0.15) is 46.7 Å². The normalized spacial score (nSPS) is 25.2. The first kappa shape index (κ1) is 25.7. The first-order valence-corrected chi connectivity index (χ1v) is 12.9. The van der Waals surface area contributed by atoms with E-state index in [9.17, 15) is 46.0 Å². The summed E-state index contributed by atoms with van der Waals surface area (Å²) in [7, 11) is 0. The van der Waals surface area contributed by atoms with Gasteiger partial charge >= 0.3 is 5.79 Å². The average Bonchev–Trinajstić information content (AvgIpc) is 2.92. The van der Waals surface area contributed by atoms with Crippen LogP contribution < -0.4 is 14.2 Å². The number of phenols is 7. The molecule has 4 aromatic rings. The van der Waals surface area contributed by atoms with Gasteiger partial charge in [-0.1, -0.05) is 6.07 Å². The van der Waals surface area contributed by atoms with E-state index >= 15 is 0 Å². The van der Waals surface area contributed by atoms with Crippen molar-refractivity contribution in [3.63, 3.8) is 0 Å². The lowest BCUT2D eigenvalue weighted by Gasteiger charge is -2.50. The third-order valence-electron chi connectivity index (χ3n) is 8.03. The van der Waals surface area contributed by atoms with E-state index in [4.69, 9.17) is 14.2 Å². The molecule has 0 unspecified atom stereocenters. The second kappa shape index (κ2) is 8.65. The highest BCUT2D eigenvalue weighted by molar-refractivity contribution is 5.68. The highest BCUT2D eigenvalue weighted by atomic mass is 16.7. The number of aliphatic hydroxyl groups excluding tert-OH is 2. The van der Waals surface area contributed by atoms with Gasteiger partial charge in [0.25, 0.3) is 0 Å². The number of aromatic hydroxyl groups is 7. The predicted molar refractivity (Wildman–Crippen MR) is 141 cm³/mol. The van der Waals surface area contributed by atoms with Crippen molar-refractivity contribution < 1.29 is 60.2 Å². The lowest BCUT2D eigenvalue weighted by atomic mass is 9.74. The second-order valence-electron chi connectivity index (χ2n) is 10.5. The molecule has 4 aromatic carbocycles. The Kier molecular flexibility index (Phi) is 5.30. The van der Waals surface area contributed by atoms with E-state index in [1.54, 1.807) is 0 Å². The highest BCUT2D eigenvalue weighted by Gasteiger charge is 2.60. The van der Waals surface area contributed by atoms with Gasteiger partial charge in [-0.2, -0.15) is 0 Å². The fourth-order valence-corrected chi connectivity index (χ4v) is 6.09. The molecule has 0 radical (unpaired) electrons. The van der Waals surface area contributed by atoms with Crippen molar-refractivity contribution in [1.29, 1.82) is 0 Å². The summed E-state index contributed by atoms with van der Waals surface area (Å²) in [5.74, 6) is -6.11. The molecule has 0 spiro atoms. The Bertz CT molecular complexity index is 1790. The number of hydrogen-bond donors (Lipinski definition) is 9. The molecule has 7 rings (SSSR count). The zero-order chi connectivity index (χ0) is 29.7. The van der Waals surface area contributed by atoms with Crippen molar-refractivity contribution in [2.45, 2.75) is 36.4 Å². The molecule has 2 bridgehead atoms. The Balaban J connectivity index is 1.47. The Morgan fingerprint density at radius 3 is 2.00 bits per heavy atom. The lowest BCUT2D eigenvalue weighted by molar-refractivity contribution is -0.219. The van der Waals surface area contributed by atoms with E-state index in [2.05, 4.69) is 0 Å². The van der Waals surface area contributed by atoms with Gasteiger partial charge in [-0.25, -0.2) is 0 Å². The molecule has 0 amide bonds. The SMILES string of the molecule is Oc1cc(O)c2c(c1)O[C@@]1(c3ccc(O)c(O)c3)Oc3cc(O)c4c(c3[C@H]2[C@H]1O)O[C@H](c1ccc(O)c(O)c1)[C@H](O)C4.